The summed E-state index contributed by atoms with van der Waals surface area (Å²) in [4.78, 5) is 25.9. The van der Waals surface area contributed by atoms with Crippen LogP contribution in [0, 0.1) is 0 Å². The van der Waals surface area contributed by atoms with E-state index in [2.05, 4.69) is 10.6 Å². The highest BCUT2D eigenvalue weighted by atomic mass is 35.5. The van der Waals surface area contributed by atoms with Gasteiger partial charge < -0.3 is 15.4 Å². The van der Waals surface area contributed by atoms with Crippen molar-refractivity contribution >= 4 is 51.8 Å². The van der Waals surface area contributed by atoms with Gasteiger partial charge in [0.2, 0.25) is 5.78 Å². The molecule has 0 bridgehead atoms. The summed E-state index contributed by atoms with van der Waals surface area (Å²) < 4.78 is 5.19. The molecule has 2 N–H and O–H groups in total. The zero-order chi connectivity index (χ0) is 18.5. The van der Waals surface area contributed by atoms with Crippen molar-refractivity contribution in [2.75, 3.05) is 12.4 Å². The van der Waals surface area contributed by atoms with Gasteiger partial charge in [0, 0.05) is 20.8 Å². The first-order valence-corrected chi connectivity index (χ1v) is 9.74. The third-order valence-electron chi connectivity index (χ3n) is 3.50. The van der Waals surface area contributed by atoms with Crippen LogP contribution < -0.4 is 15.4 Å². The molecule has 26 heavy (non-hydrogen) atoms. The molecule has 0 saturated heterocycles. The Morgan fingerprint density at radius 2 is 2.04 bits per heavy atom. The van der Waals surface area contributed by atoms with Gasteiger partial charge in [-0.3, -0.25) is 4.79 Å². The lowest BCUT2D eigenvalue weighted by Gasteiger charge is -2.11. The van der Waals surface area contributed by atoms with Crippen molar-refractivity contribution in [1.29, 1.82) is 0 Å². The number of carbonyl (C=O) groups is 2. The quantitative estimate of drug-likeness (QED) is 0.564. The van der Waals surface area contributed by atoms with Gasteiger partial charge in [-0.1, -0.05) is 11.6 Å². The number of carbonyl (C=O) groups excluding carboxylic acids is 2. The van der Waals surface area contributed by atoms with Crippen LogP contribution in [0.15, 0.2) is 47.2 Å². The minimum Gasteiger partial charge on any atom is -0.495 e. The number of thiophene rings is 2. The van der Waals surface area contributed by atoms with Crippen LogP contribution in [-0.4, -0.2) is 18.9 Å². The van der Waals surface area contributed by atoms with E-state index in [4.69, 9.17) is 16.3 Å². The summed E-state index contributed by atoms with van der Waals surface area (Å²) in [6, 6.07) is 10.0. The number of urea groups is 1. The second kappa shape index (κ2) is 8.35. The lowest BCUT2D eigenvalue weighted by molar-refractivity contribution is 0.104. The molecule has 1 aromatic carbocycles. The van der Waals surface area contributed by atoms with Crippen LogP contribution in [0.25, 0.3) is 0 Å². The molecule has 0 fully saturated rings. The number of rotatable bonds is 6. The van der Waals surface area contributed by atoms with Crippen LogP contribution >= 0.6 is 34.3 Å². The zero-order valence-corrected chi connectivity index (χ0v) is 16.1. The molecule has 0 aliphatic carbocycles. The number of benzene rings is 1. The Morgan fingerprint density at radius 3 is 2.77 bits per heavy atom. The van der Waals surface area contributed by atoms with Gasteiger partial charge in [0.05, 0.1) is 24.2 Å². The van der Waals surface area contributed by atoms with E-state index in [0.717, 1.165) is 4.88 Å². The number of methoxy groups -OCH3 is 1. The topological polar surface area (TPSA) is 67.4 Å². The highest BCUT2D eigenvalue weighted by Crippen LogP contribution is 2.27. The molecule has 0 spiro atoms. The second-order valence-electron chi connectivity index (χ2n) is 5.26. The zero-order valence-electron chi connectivity index (χ0n) is 13.7. The molecular formula is C18H15ClN2O3S2. The summed E-state index contributed by atoms with van der Waals surface area (Å²) in [5.74, 6) is 0.514. The summed E-state index contributed by atoms with van der Waals surface area (Å²) in [6.07, 6.45) is 0. The number of halogens is 1. The Balaban J connectivity index is 1.59. The molecule has 3 rings (SSSR count). The Bertz CT molecular complexity index is 922. The van der Waals surface area contributed by atoms with Gasteiger partial charge in [-0.15, -0.1) is 11.3 Å². The molecule has 2 aromatic heterocycles. The van der Waals surface area contributed by atoms with E-state index in [1.165, 1.54) is 29.8 Å². The smallest absolute Gasteiger partial charge is 0.319 e. The van der Waals surface area contributed by atoms with E-state index in [9.17, 15) is 9.59 Å². The van der Waals surface area contributed by atoms with Gasteiger partial charge in [-0.05, 0) is 41.8 Å². The molecule has 0 aliphatic heterocycles. The van der Waals surface area contributed by atoms with Gasteiger partial charge in [-0.2, -0.15) is 11.3 Å². The summed E-state index contributed by atoms with van der Waals surface area (Å²) in [5.41, 5.74) is 1.17. The number of ketones is 1. The Labute approximate surface area is 163 Å². The largest absolute Gasteiger partial charge is 0.495 e. The van der Waals surface area contributed by atoms with Crippen molar-refractivity contribution in [2.45, 2.75) is 6.54 Å². The molecule has 0 unspecified atom stereocenters. The van der Waals surface area contributed by atoms with Crippen LogP contribution in [0.1, 0.15) is 20.1 Å². The standard InChI is InChI=1S/C18H15ClN2O3S2/c1-24-15-4-2-12(19)8-14(15)21-18(23)20-9-13-3-5-16(26-13)17(22)11-6-7-25-10-11/h2-8,10H,9H2,1H3,(H2,20,21,23). The van der Waals surface area contributed by atoms with Crippen LogP contribution in [-0.2, 0) is 6.54 Å². The minimum absolute atomic E-state index is 0.00406. The lowest BCUT2D eigenvalue weighted by Crippen LogP contribution is -2.28. The number of ether oxygens (including phenoxy) is 1. The lowest BCUT2D eigenvalue weighted by atomic mass is 10.2. The minimum atomic E-state index is -0.385. The summed E-state index contributed by atoms with van der Waals surface area (Å²) >= 11 is 8.80. The van der Waals surface area contributed by atoms with E-state index in [-0.39, 0.29) is 11.8 Å². The predicted octanol–water partition coefficient (Wildman–Crippen LogP) is 5.02. The fourth-order valence-electron chi connectivity index (χ4n) is 2.24. The summed E-state index contributed by atoms with van der Waals surface area (Å²) in [7, 11) is 1.52. The molecule has 134 valence electrons. The molecule has 8 heteroatoms. The van der Waals surface area contributed by atoms with E-state index in [1.54, 1.807) is 30.3 Å². The predicted molar refractivity (Wildman–Crippen MR) is 106 cm³/mol. The fraction of sp³-hybridized carbons (Fsp3) is 0.111. The fourth-order valence-corrected chi connectivity index (χ4v) is 3.96. The van der Waals surface area contributed by atoms with E-state index in [0.29, 0.717) is 33.4 Å². The first kappa shape index (κ1) is 18.4. The van der Waals surface area contributed by atoms with E-state index < -0.39 is 0 Å². The van der Waals surface area contributed by atoms with Crippen LogP contribution in [0.3, 0.4) is 0 Å². The molecular weight excluding hydrogens is 392 g/mol. The average Bonchev–Trinajstić information content (AvgIpc) is 3.31. The maximum absolute atomic E-state index is 12.3. The van der Waals surface area contributed by atoms with Gasteiger partial charge in [0.1, 0.15) is 5.75 Å². The van der Waals surface area contributed by atoms with Crippen molar-refractivity contribution in [3.05, 3.63) is 67.5 Å². The number of hydrogen-bond donors (Lipinski definition) is 2. The Hall–Kier alpha value is -2.35. The molecule has 5 nitrogen and oxygen atoms in total. The third-order valence-corrected chi connectivity index (χ3v) is 5.50. The number of anilines is 1. The molecule has 3 aromatic rings. The maximum Gasteiger partial charge on any atom is 0.319 e. The van der Waals surface area contributed by atoms with Gasteiger partial charge in [0.15, 0.2) is 0 Å². The summed E-state index contributed by atoms with van der Waals surface area (Å²) in [5, 5.41) is 9.66. The normalized spacial score (nSPS) is 10.4. The van der Waals surface area contributed by atoms with Crippen LogP contribution in [0.4, 0.5) is 10.5 Å². The van der Waals surface area contributed by atoms with Gasteiger partial charge in [-0.25, -0.2) is 4.79 Å². The second-order valence-corrected chi connectivity index (χ2v) is 7.64. The molecule has 2 amide bonds. The first-order valence-electron chi connectivity index (χ1n) is 7.61. The molecule has 0 radical (unpaired) electrons. The van der Waals surface area contributed by atoms with Crippen LogP contribution in [0.2, 0.25) is 5.02 Å². The highest BCUT2D eigenvalue weighted by Gasteiger charge is 2.13. The summed E-state index contributed by atoms with van der Waals surface area (Å²) in [6.45, 7) is 0.316. The van der Waals surface area contributed by atoms with Crippen molar-refractivity contribution in [3.8, 4) is 5.75 Å². The van der Waals surface area contributed by atoms with Crippen molar-refractivity contribution < 1.29 is 14.3 Å². The van der Waals surface area contributed by atoms with Crippen molar-refractivity contribution in [2.24, 2.45) is 0 Å². The Kier molecular flexibility index (Phi) is 5.92. The van der Waals surface area contributed by atoms with E-state index in [1.807, 2.05) is 16.8 Å². The molecule has 0 aliphatic rings. The number of amides is 2. The number of hydrogen-bond acceptors (Lipinski definition) is 5. The Morgan fingerprint density at radius 1 is 1.19 bits per heavy atom. The SMILES string of the molecule is COc1ccc(Cl)cc1NC(=O)NCc1ccc(C(=O)c2ccsc2)s1. The highest BCUT2D eigenvalue weighted by molar-refractivity contribution is 7.14. The van der Waals surface area contributed by atoms with Crippen molar-refractivity contribution in [3.63, 3.8) is 0 Å². The third kappa shape index (κ3) is 4.43. The number of nitrogens with one attached hydrogen (secondary N) is 2. The van der Waals surface area contributed by atoms with Crippen LogP contribution in [0.5, 0.6) is 5.75 Å². The first-order chi connectivity index (χ1) is 12.6. The monoisotopic (exact) mass is 406 g/mol. The maximum atomic E-state index is 12.3. The molecule has 0 atom stereocenters. The van der Waals surface area contributed by atoms with E-state index >= 15 is 0 Å². The van der Waals surface area contributed by atoms with Gasteiger partial charge >= 0.3 is 6.03 Å². The average molecular weight is 407 g/mol. The molecule has 2 heterocycles. The van der Waals surface area contributed by atoms with Crippen molar-refractivity contribution in [1.82, 2.24) is 5.32 Å². The van der Waals surface area contributed by atoms with Gasteiger partial charge in [0.25, 0.3) is 0 Å². The molecule has 0 saturated carbocycles.